The summed E-state index contributed by atoms with van der Waals surface area (Å²) in [6.07, 6.45) is 2.70. The van der Waals surface area contributed by atoms with E-state index in [-0.39, 0.29) is 6.03 Å². The molecule has 0 bridgehead atoms. The van der Waals surface area contributed by atoms with E-state index < -0.39 is 0 Å². The minimum atomic E-state index is -0.298. The van der Waals surface area contributed by atoms with Gasteiger partial charge in [-0.15, -0.1) is 10.2 Å². The fourth-order valence-electron chi connectivity index (χ4n) is 2.62. The fraction of sp³-hybridized carbons (Fsp3) is 0.438. The highest BCUT2D eigenvalue weighted by Gasteiger charge is 2.15. The second-order valence-corrected chi connectivity index (χ2v) is 8.19. The first-order chi connectivity index (χ1) is 11.7. The van der Waals surface area contributed by atoms with Crippen LogP contribution in [0.15, 0.2) is 28.6 Å². The maximum absolute atomic E-state index is 12.0. The number of aryl methyl sites for hydroxylation is 1. The molecule has 2 heterocycles. The molecule has 1 aliphatic rings. The van der Waals surface area contributed by atoms with Crippen LogP contribution in [0.5, 0.6) is 0 Å². The first-order valence-corrected chi connectivity index (χ1v) is 9.94. The third-order valence-electron chi connectivity index (χ3n) is 3.93. The summed E-state index contributed by atoms with van der Waals surface area (Å²) in [7, 11) is 0. The standard InChI is InChI=1S/C16H21N5OS2/c1-12-4-6-13(7-5-12)17-14(22)18-15-19-20-16(24-15)23-11-10-21-8-2-3-9-21/h4-7H,2-3,8-11H2,1H3,(H2,17,18,19,22)/p+1. The fourth-order valence-corrected chi connectivity index (χ4v) is 4.48. The van der Waals surface area contributed by atoms with E-state index in [4.69, 9.17) is 0 Å². The molecule has 2 aromatic rings. The van der Waals surface area contributed by atoms with Crippen LogP contribution in [0.25, 0.3) is 0 Å². The Morgan fingerprint density at radius 3 is 2.71 bits per heavy atom. The van der Waals surface area contributed by atoms with Crippen molar-refractivity contribution in [2.75, 3.05) is 36.0 Å². The summed E-state index contributed by atoms with van der Waals surface area (Å²) in [5, 5.41) is 14.2. The topological polar surface area (TPSA) is 71.3 Å². The van der Waals surface area contributed by atoms with Crippen molar-refractivity contribution in [2.24, 2.45) is 0 Å². The van der Waals surface area contributed by atoms with Crippen LogP contribution < -0.4 is 15.5 Å². The number of benzene rings is 1. The van der Waals surface area contributed by atoms with Crippen LogP contribution in [0.4, 0.5) is 15.6 Å². The Kier molecular flexibility index (Phi) is 6.06. The van der Waals surface area contributed by atoms with Gasteiger partial charge < -0.3 is 10.2 Å². The molecule has 1 saturated heterocycles. The highest BCUT2D eigenvalue weighted by Crippen LogP contribution is 2.25. The summed E-state index contributed by atoms with van der Waals surface area (Å²) in [6.45, 7) is 5.77. The molecule has 3 rings (SSSR count). The van der Waals surface area contributed by atoms with Gasteiger partial charge in [-0.25, -0.2) is 4.79 Å². The lowest BCUT2D eigenvalue weighted by atomic mass is 10.2. The van der Waals surface area contributed by atoms with Gasteiger partial charge in [0, 0.05) is 24.3 Å². The van der Waals surface area contributed by atoms with Crippen molar-refractivity contribution >= 4 is 39.9 Å². The first-order valence-electron chi connectivity index (χ1n) is 8.13. The van der Waals surface area contributed by atoms with Crippen LogP contribution >= 0.6 is 23.1 Å². The highest BCUT2D eigenvalue weighted by molar-refractivity contribution is 8.01. The van der Waals surface area contributed by atoms with Crippen molar-refractivity contribution in [2.45, 2.75) is 24.1 Å². The normalized spacial score (nSPS) is 14.7. The lowest BCUT2D eigenvalue weighted by Gasteiger charge is -2.10. The maximum atomic E-state index is 12.0. The van der Waals surface area contributed by atoms with Crippen molar-refractivity contribution in [1.82, 2.24) is 10.2 Å². The third-order valence-corrected chi connectivity index (χ3v) is 5.90. The molecular weight excluding hydrogens is 342 g/mol. The SMILES string of the molecule is Cc1ccc(NC(=O)Nc2nnc(SCC[NH+]3CCCC3)s2)cc1. The summed E-state index contributed by atoms with van der Waals surface area (Å²) in [5.74, 6) is 1.04. The molecule has 24 heavy (non-hydrogen) atoms. The molecule has 0 spiro atoms. The number of hydrogen-bond donors (Lipinski definition) is 3. The lowest BCUT2D eigenvalue weighted by molar-refractivity contribution is -0.884. The van der Waals surface area contributed by atoms with Gasteiger partial charge in [0.2, 0.25) is 5.13 Å². The Bertz CT molecular complexity index is 667. The average molecular weight is 365 g/mol. The Labute approximate surface area is 150 Å². The van der Waals surface area contributed by atoms with E-state index in [1.165, 1.54) is 43.8 Å². The van der Waals surface area contributed by atoms with E-state index in [0.29, 0.717) is 5.13 Å². The minimum Gasteiger partial charge on any atom is -0.334 e. The van der Waals surface area contributed by atoms with Gasteiger partial charge in [-0.1, -0.05) is 40.8 Å². The summed E-state index contributed by atoms with van der Waals surface area (Å²) in [4.78, 5) is 13.7. The van der Waals surface area contributed by atoms with Crippen LogP contribution in [0.2, 0.25) is 0 Å². The molecule has 1 aliphatic heterocycles. The number of rotatable bonds is 6. The zero-order valence-electron chi connectivity index (χ0n) is 13.7. The number of likely N-dealkylation sites (tertiary alicyclic amines) is 1. The monoisotopic (exact) mass is 364 g/mol. The van der Waals surface area contributed by atoms with Gasteiger partial charge in [-0.3, -0.25) is 5.32 Å². The molecule has 1 aromatic heterocycles. The number of aromatic nitrogens is 2. The van der Waals surface area contributed by atoms with Gasteiger partial charge in [0.05, 0.1) is 19.6 Å². The highest BCUT2D eigenvalue weighted by atomic mass is 32.2. The number of quaternary nitrogens is 1. The van der Waals surface area contributed by atoms with Gasteiger partial charge in [0.15, 0.2) is 4.34 Å². The maximum Gasteiger partial charge on any atom is 0.325 e. The van der Waals surface area contributed by atoms with Gasteiger partial charge >= 0.3 is 6.03 Å². The lowest BCUT2D eigenvalue weighted by Crippen LogP contribution is -3.10. The van der Waals surface area contributed by atoms with Crippen molar-refractivity contribution < 1.29 is 9.69 Å². The number of carbonyl (C=O) groups excluding carboxylic acids is 1. The van der Waals surface area contributed by atoms with Gasteiger partial charge in [0.25, 0.3) is 0 Å². The number of urea groups is 1. The quantitative estimate of drug-likeness (QED) is 0.543. The molecule has 128 valence electrons. The van der Waals surface area contributed by atoms with Gasteiger partial charge in [0.1, 0.15) is 0 Å². The number of thioether (sulfide) groups is 1. The summed E-state index contributed by atoms with van der Waals surface area (Å²) in [5.41, 5.74) is 1.91. The zero-order chi connectivity index (χ0) is 16.8. The van der Waals surface area contributed by atoms with Gasteiger partial charge in [-0.05, 0) is 19.1 Å². The predicted octanol–water partition coefficient (Wildman–Crippen LogP) is 2.26. The van der Waals surface area contributed by atoms with Crippen LogP contribution in [-0.2, 0) is 0 Å². The Hall–Kier alpha value is -1.64. The molecule has 2 amide bonds. The molecule has 3 N–H and O–H groups in total. The van der Waals surface area contributed by atoms with E-state index >= 15 is 0 Å². The summed E-state index contributed by atoms with van der Waals surface area (Å²) < 4.78 is 0.902. The molecule has 6 nitrogen and oxygen atoms in total. The van der Waals surface area contributed by atoms with Crippen LogP contribution in [0, 0.1) is 6.92 Å². The van der Waals surface area contributed by atoms with E-state index in [1.807, 2.05) is 31.2 Å². The Balaban J connectivity index is 1.42. The largest absolute Gasteiger partial charge is 0.334 e. The van der Waals surface area contributed by atoms with E-state index in [0.717, 1.165) is 21.3 Å². The second kappa shape index (κ2) is 8.46. The van der Waals surface area contributed by atoms with Crippen molar-refractivity contribution in [1.29, 1.82) is 0 Å². The number of nitrogens with one attached hydrogen (secondary N) is 3. The van der Waals surface area contributed by atoms with Crippen molar-refractivity contribution in [3.05, 3.63) is 29.8 Å². The van der Waals surface area contributed by atoms with E-state index in [9.17, 15) is 4.79 Å². The number of nitrogens with zero attached hydrogens (tertiary/aromatic N) is 2. The van der Waals surface area contributed by atoms with Crippen LogP contribution in [0.3, 0.4) is 0 Å². The molecule has 1 aromatic carbocycles. The van der Waals surface area contributed by atoms with Crippen LogP contribution in [-0.4, -0.2) is 41.6 Å². The Morgan fingerprint density at radius 2 is 1.96 bits per heavy atom. The predicted molar refractivity (Wildman–Crippen MR) is 99.3 cm³/mol. The molecule has 1 fully saturated rings. The molecule has 0 saturated carbocycles. The minimum absolute atomic E-state index is 0.298. The molecule has 0 atom stereocenters. The van der Waals surface area contributed by atoms with Crippen LogP contribution in [0.1, 0.15) is 18.4 Å². The molecule has 8 heteroatoms. The number of anilines is 2. The smallest absolute Gasteiger partial charge is 0.325 e. The Morgan fingerprint density at radius 1 is 1.21 bits per heavy atom. The molecule has 0 radical (unpaired) electrons. The molecular formula is C16H22N5OS2+. The van der Waals surface area contributed by atoms with Crippen molar-refractivity contribution in [3.63, 3.8) is 0 Å². The molecule has 0 unspecified atom stereocenters. The average Bonchev–Trinajstić information content (AvgIpc) is 3.22. The summed E-state index contributed by atoms with van der Waals surface area (Å²) in [6, 6.07) is 7.36. The number of amides is 2. The van der Waals surface area contributed by atoms with E-state index in [2.05, 4.69) is 20.8 Å². The molecule has 0 aliphatic carbocycles. The van der Waals surface area contributed by atoms with Gasteiger partial charge in [-0.2, -0.15) is 0 Å². The second-order valence-electron chi connectivity index (χ2n) is 5.87. The zero-order valence-corrected chi connectivity index (χ0v) is 15.3. The number of hydrogen-bond acceptors (Lipinski definition) is 5. The first kappa shape index (κ1) is 17.2. The third kappa shape index (κ3) is 5.19. The number of carbonyl (C=O) groups is 1. The van der Waals surface area contributed by atoms with E-state index in [1.54, 1.807) is 16.7 Å². The summed E-state index contributed by atoms with van der Waals surface area (Å²) >= 11 is 3.13. The van der Waals surface area contributed by atoms with Crippen molar-refractivity contribution in [3.8, 4) is 0 Å².